The van der Waals surface area contributed by atoms with Crippen LogP contribution < -0.4 is 10.2 Å². The highest BCUT2D eigenvalue weighted by Crippen LogP contribution is 2.23. The summed E-state index contributed by atoms with van der Waals surface area (Å²) in [5.74, 6) is 0.839. The second kappa shape index (κ2) is 7.12. The third kappa shape index (κ3) is 3.37. The number of anilines is 1. The number of nitrogens with one attached hydrogen (secondary N) is 1. The summed E-state index contributed by atoms with van der Waals surface area (Å²) in [4.78, 5) is 15.7. The minimum absolute atomic E-state index is 0.0786. The Hall–Kier alpha value is -2.89. The zero-order chi connectivity index (χ0) is 16.9. The first-order chi connectivity index (χ1) is 11.7. The third-order valence-corrected chi connectivity index (χ3v) is 4.17. The van der Waals surface area contributed by atoms with Crippen LogP contribution in [0.1, 0.15) is 0 Å². The van der Waals surface area contributed by atoms with Crippen molar-refractivity contribution < 1.29 is 4.79 Å². The molecule has 1 aromatic heterocycles. The fourth-order valence-electron chi connectivity index (χ4n) is 2.59. The average molecular weight is 323 g/mol. The molecule has 0 aliphatic carbocycles. The highest BCUT2D eigenvalue weighted by molar-refractivity contribution is 5.75. The van der Waals surface area contributed by atoms with E-state index < -0.39 is 0 Å². The number of hydrogen-bond acceptors (Lipinski definition) is 4. The molecule has 0 saturated carbocycles. The molecule has 124 valence electrons. The minimum atomic E-state index is -0.0786. The smallest absolute Gasteiger partial charge is 0.317 e. The molecule has 1 aliphatic heterocycles. The Morgan fingerprint density at radius 3 is 2.67 bits per heavy atom. The van der Waals surface area contributed by atoms with Gasteiger partial charge >= 0.3 is 6.03 Å². The molecule has 0 atom stereocenters. The highest BCUT2D eigenvalue weighted by Gasteiger charge is 2.33. The molecule has 2 amide bonds. The number of carbonyl (C=O) groups excluding carboxylic acids is 1. The van der Waals surface area contributed by atoms with Crippen molar-refractivity contribution in [3.05, 3.63) is 55.1 Å². The summed E-state index contributed by atoms with van der Waals surface area (Å²) in [5, 5.41) is 11.4. The number of rotatable bonds is 5. The SMILES string of the molecule is C=CCNC(=O)N(C)C1CN(c2ccc(-c3ccccc3)nn2)C1. The first kappa shape index (κ1) is 16.0. The van der Waals surface area contributed by atoms with Gasteiger partial charge in [-0.25, -0.2) is 4.79 Å². The number of hydrogen-bond donors (Lipinski definition) is 1. The van der Waals surface area contributed by atoms with Crippen LogP contribution in [0.15, 0.2) is 55.1 Å². The lowest BCUT2D eigenvalue weighted by molar-refractivity contribution is 0.179. The van der Waals surface area contributed by atoms with Crippen LogP contribution in [-0.2, 0) is 0 Å². The predicted molar refractivity (Wildman–Crippen MR) is 94.8 cm³/mol. The Morgan fingerprint density at radius 1 is 1.29 bits per heavy atom. The predicted octanol–water partition coefficient (Wildman–Crippen LogP) is 2.16. The van der Waals surface area contributed by atoms with Crippen LogP contribution in [0.25, 0.3) is 11.3 Å². The van der Waals surface area contributed by atoms with Crippen LogP contribution in [0, 0.1) is 0 Å². The van der Waals surface area contributed by atoms with Crippen molar-refractivity contribution >= 4 is 11.8 Å². The van der Waals surface area contributed by atoms with Crippen molar-refractivity contribution in [1.82, 2.24) is 20.4 Å². The second-order valence-corrected chi connectivity index (χ2v) is 5.79. The summed E-state index contributed by atoms with van der Waals surface area (Å²) in [6.45, 7) is 5.60. The normalized spacial score (nSPS) is 14.0. The van der Waals surface area contributed by atoms with Crippen molar-refractivity contribution in [3.63, 3.8) is 0 Å². The molecule has 1 fully saturated rings. The molecular weight excluding hydrogens is 302 g/mol. The molecule has 1 saturated heterocycles. The first-order valence-corrected chi connectivity index (χ1v) is 7.94. The van der Waals surface area contributed by atoms with Gasteiger partial charge in [0.15, 0.2) is 5.82 Å². The van der Waals surface area contributed by atoms with Gasteiger partial charge in [-0.2, -0.15) is 0 Å². The molecule has 0 spiro atoms. The monoisotopic (exact) mass is 323 g/mol. The Bertz CT molecular complexity index is 695. The van der Waals surface area contributed by atoms with E-state index in [1.807, 2.05) is 49.5 Å². The van der Waals surface area contributed by atoms with Crippen LogP contribution in [0.2, 0.25) is 0 Å². The van der Waals surface area contributed by atoms with Gasteiger partial charge in [0.05, 0.1) is 11.7 Å². The molecule has 1 aromatic carbocycles. The Labute approximate surface area is 141 Å². The molecule has 0 radical (unpaired) electrons. The van der Waals surface area contributed by atoms with E-state index in [-0.39, 0.29) is 12.1 Å². The summed E-state index contributed by atoms with van der Waals surface area (Å²) >= 11 is 0. The first-order valence-electron chi connectivity index (χ1n) is 7.94. The fraction of sp³-hybridized carbons (Fsp3) is 0.278. The Kier molecular flexibility index (Phi) is 4.74. The largest absolute Gasteiger partial charge is 0.351 e. The van der Waals surface area contributed by atoms with Crippen LogP contribution in [0.5, 0.6) is 0 Å². The molecule has 24 heavy (non-hydrogen) atoms. The number of amides is 2. The van der Waals surface area contributed by atoms with Gasteiger partial charge in [-0.1, -0.05) is 36.4 Å². The standard InChI is InChI=1S/C18H21N5O/c1-3-11-19-18(24)22(2)15-12-23(13-15)17-10-9-16(20-21-17)14-7-5-4-6-8-14/h3-10,15H,1,11-13H2,2H3,(H,19,24). The molecule has 0 unspecified atom stereocenters. The molecule has 2 aromatic rings. The quantitative estimate of drug-likeness (QED) is 0.857. The van der Waals surface area contributed by atoms with Gasteiger partial charge in [-0.05, 0) is 12.1 Å². The molecule has 6 heteroatoms. The zero-order valence-corrected chi connectivity index (χ0v) is 13.7. The molecule has 0 bridgehead atoms. The second-order valence-electron chi connectivity index (χ2n) is 5.79. The summed E-state index contributed by atoms with van der Waals surface area (Å²) in [5.41, 5.74) is 1.91. The van der Waals surface area contributed by atoms with Crippen molar-refractivity contribution in [2.45, 2.75) is 6.04 Å². The van der Waals surface area contributed by atoms with Gasteiger partial charge in [0.1, 0.15) is 0 Å². The van der Waals surface area contributed by atoms with Crippen molar-refractivity contribution in [2.24, 2.45) is 0 Å². The minimum Gasteiger partial charge on any atom is -0.351 e. The van der Waals surface area contributed by atoms with Gasteiger partial charge in [-0.15, -0.1) is 16.8 Å². The fourth-order valence-corrected chi connectivity index (χ4v) is 2.59. The van der Waals surface area contributed by atoms with Crippen molar-refractivity contribution in [3.8, 4) is 11.3 Å². The molecular formula is C18H21N5O. The molecule has 3 rings (SSSR count). The molecule has 1 N–H and O–H groups in total. The average Bonchev–Trinajstić information content (AvgIpc) is 2.59. The Morgan fingerprint density at radius 2 is 2.04 bits per heavy atom. The zero-order valence-electron chi connectivity index (χ0n) is 13.7. The van der Waals surface area contributed by atoms with E-state index in [0.29, 0.717) is 6.54 Å². The van der Waals surface area contributed by atoms with Gasteiger partial charge < -0.3 is 15.1 Å². The highest BCUT2D eigenvalue weighted by atomic mass is 16.2. The number of likely N-dealkylation sites (N-methyl/N-ethyl adjacent to an activating group) is 1. The maximum Gasteiger partial charge on any atom is 0.317 e. The van der Waals surface area contributed by atoms with Crippen LogP contribution in [0.3, 0.4) is 0 Å². The van der Waals surface area contributed by atoms with E-state index in [2.05, 4.69) is 27.0 Å². The maximum atomic E-state index is 11.9. The number of nitrogens with zero attached hydrogens (tertiary/aromatic N) is 4. The van der Waals surface area contributed by atoms with Gasteiger partial charge in [0.2, 0.25) is 0 Å². The van der Waals surface area contributed by atoms with E-state index in [0.717, 1.165) is 30.2 Å². The topological polar surface area (TPSA) is 61.4 Å². The lowest BCUT2D eigenvalue weighted by atomic mass is 10.1. The molecule has 6 nitrogen and oxygen atoms in total. The summed E-state index contributed by atoms with van der Waals surface area (Å²) in [6.07, 6.45) is 1.67. The van der Waals surface area contributed by atoms with Crippen LogP contribution in [-0.4, -0.2) is 53.9 Å². The van der Waals surface area contributed by atoms with Gasteiger partial charge in [-0.3, -0.25) is 0 Å². The number of carbonyl (C=O) groups is 1. The van der Waals surface area contributed by atoms with E-state index >= 15 is 0 Å². The Balaban J connectivity index is 1.56. The lowest BCUT2D eigenvalue weighted by Gasteiger charge is -2.44. The molecule has 2 heterocycles. The van der Waals surface area contributed by atoms with Crippen molar-refractivity contribution in [2.75, 3.05) is 31.6 Å². The van der Waals surface area contributed by atoms with E-state index in [1.54, 1.807) is 11.0 Å². The summed E-state index contributed by atoms with van der Waals surface area (Å²) in [6, 6.07) is 14.0. The van der Waals surface area contributed by atoms with Gasteiger partial charge in [0, 0.05) is 32.2 Å². The number of aromatic nitrogens is 2. The molecule has 1 aliphatic rings. The summed E-state index contributed by atoms with van der Waals surface area (Å²) in [7, 11) is 1.81. The van der Waals surface area contributed by atoms with Crippen LogP contribution in [0.4, 0.5) is 10.6 Å². The van der Waals surface area contributed by atoms with E-state index in [4.69, 9.17) is 0 Å². The number of urea groups is 1. The van der Waals surface area contributed by atoms with Crippen molar-refractivity contribution in [1.29, 1.82) is 0 Å². The lowest BCUT2D eigenvalue weighted by Crippen LogP contribution is -2.61. The third-order valence-electron chi connectivity index (χ3n) is 4.17. The maximum absolute atomic E-state index is 11.9. The summed E-state index contributed by atoms with van der Waals surface area (Å²) < 4.78 is 0. The van der Waals surface area contributed by atoms with E-state index in [1.165, 1.54) is 0 Å². The number of benzene rings is 1. The van der Waals surface area contributed by atoms with Gasteiger partial charge in [0.25, 0.3) is 0 Å². The van der Waals surface area contributed by atoms with Crippen LogP contribution >= 0.6 is 0 Å². The van der Waals surface area contributed by atoms with E-state index in [9.17, 15) is 4.79 Å².